The zero-order valence-corrected chi connectivity index (χ0v) is 7.85. The zero-order valence-electron chi connectivity index (χ0n) is 7.85. The number of nitrogens with zero attached hydrogens (tertiary/aromatic N) is 1. The third-order valence-corrected chi connectivity index (χ3v) is 2.22. The average Bonchev–Trinajstić information content (AvgIpc) is 2.36. The van der Waals surface area contributed by atoms with Gasteiger partial charge in [-0.05, 0) is 45.2 Å². The predicted octanol–water partition coefficient (Wildman–Crippen LogP) is 1.31. The number of hydrogen-bond acceptors (Lipinski definition) is 2. The molecule has 0 fully saturated rings. The lowest BCUT2D eigenvalue weighted by atomic mass is 10.1. The lowest BCUT2D eigenvalue weighted by Crippen LogP contribution is -1.99. The van der Waals surface area contributed by atoms with Crippen LogP contribution >= 0.6 is 0 Å². The predicted molar refractivity (Wildman–Crippen MR) is 50.1 cm³/mol. The summed E-state index contributed by atoms with van der Waals surface area (Å²) in [5, 5.41) is 7.20. The first-order chi connectivity index (χ1) is 5.75. The largest absolute Gasteiger partial charge is 0.330 e. The number of nitrogens with two attached hydrogens (primary N) is 1. The van der Waals surface area contributed by atoms with E-state index in [1.165, 1.54) is 17.0 Å². The minimum atomic E-state index is 0.780. The number of aromatic amines is 1. The van der Waals surface area contributed by atoms with Gasteiger partial charge in [0, 0.05) is 5.69 Å². The van der Waals surface area contributed by atoms with Crippen molar-refractivity contribution in [3.8, 4) is 0 Å². The van der Waals surface area contributed by atoms with Crippen molar-refractivity contribution in [1.29, 1.82) is 0 Å². The van der Waals surface area contributed by atoms with E-state index < -0.39 is 0 Å². The second kappa shape index (κ2) is 4.26. The fourth-order valence-corrected chi connectivity index (χ4v) is 1.22. The van der Waals surface area contributed by atoms with E-state index in [9.17, 15) is 0 Å². The summed E-state index contributed by atoms with van der Waals surface area (Å²) >= 11 is 0. The molecule has 0 aliphatic rings. The molecule has 1 aromatic rings. The molecular formula is C9H17N3. The highest BCUT2D eigenvalue weighted by Crippen LogP contribution is 2.10. The molecule has 0 atom stereocenters. The summed E-state index contributed by atoms with van der Waals surface area (Å²) in [6, 6.07) is 0. The van der Waals surface area contributed by atoms with Crippen LogP contribution in [-0.4, -0.2) is 16.7 Å². The molecule has 0 amide bonds. The van der Waals surface area contributed by atoms with E-state index in [-0.39, 0.29) is 0 Å². The second-order valence-electron chi connectivity index (χ2n) is 3.17. The number of aromatic nitrogens is 2. The minimum Gasteiger partial charge on any atom is -0.330 e. The maximum absolute atomic E-state index is 5.41. The summed E-state index contributed by atoms with van der Waals surface area (Å²) in [5.41, 5.74) is 9.08. The topological polar surface area (TPSA) is 54.7 Å². The van der Waals surface area contributed by atoms with Crippen LogP contribution in [0.1, 0.15) is 29.8 Å². The number of H-pyrrole nitrogens is 1. The molecule has 0 aliphatic heterocycles. The first-order valence-electron chi connectivity index (χ1n) is 4.46. The normalized spacial score (nSPS) is 10.6. The molecule has 0 aliphatic carbocycles. The van der Waals surface area contributed by atoms with Gasteiger partial charge in [-0.3, -0.25) is 5.10 Å². The van der Waals surface area contributed by atoms with Crippen LogP contribution in [0.25, 0.3) is 0 Å². The van der Waals surface area contributed by atoms with Crippen molar-refractivity contribution < 1.29 is 0 Å². The first-order valence-corrected chi connectivity index (χ1v) is 4.46. The van der Waals surface area contributed by atoms with Gasteiger partial charge in [0.2, 0.25) is 0 Å². The van der Waals surface area contributed by atoms with Gasteiger partial charge in [-0.15, -0.1) is 0 Å². The van der Waals surface area contributed by atoms with Gasteiger partial charge in [0.25, 0.3) is 0 Å². The molecule has 3 heteroatoms. The Morgan fingerprint density at radius 1 is 1.33 bits per heavy atom. The van der Waals surface area contributed by atoms with Crippen LogP contribution in [-0.2, 0) is 6.42 Å². The van der Waals surface area contributed by atoms with Gasteiger partial charge in [-0.25, -0.2) is 0 Å². The Hall–Kier alpha value is -0.830. The van der Waals surface area contributed by atoms with Crippen LogP contribution in [0.4, 0.5) is 0 Å². The van der Waals surface area contributed by atoms with Crippen LogP contribution in [0.2, 0.25) is 0 Å². The van der Waals surface area contributed by atoms with E-state index in [2.05, 4.69) is 24.0 Å². The Balaban J connectivity index is 2.46. The lowest BCUT2D eigenvalue weighted by molar-refractivity contribution is 0.727. The summed E-state index contributed by atoms with van der Waals surface area (Å²) in [5.74, 6) is 0. The van der Waals surface area contributed by atoms with Gasteiger partial charge in [0.15, 0.2) is 0 Å². The highest BCUT2D eigenvalue weighted by Gasteiger charge is 2.03. The van der Waals surface area contributed by atoms with Gasteiger partial charge in [0.05, 0.1) is 5.69 Å². The maximum atomic E-state index is 5.41. The Bertz CT molecular complexity index is 240. The van der Waals surface area contributed by atoms with E-state index in [1.807, 2.05) is 0 Å². The average molecular weight is 167 g/mol. The van der Waals surface area contributed by atoms with Gasteiger partial charge in [-0.1, -0.05) is 0 Å². The van der Waals surface area contributed by atoms with Gasteiger partial charge >= 0.3 is 0 Å². The SMILES string of the molecule is Cc1[nH]nc(CCCCN)c1C. The van der Waals surface area contributed by atoms with Crippen LogP contribution in [0.5, 0.6) is 0 Å². The maximum Gasteiger partial charge on any atom is 0.0654 e. The molecule has 1 heterocycles. The summed E-state index contributed by atoms with van der Waals surface area (Å²) in [7, 11) is 0. The molecule has 0 saturated heterocycles. The van der Waals surface area contributed by atoms with E-state index >= 15 is 0 Å². The number of aryl methyl sites for hydroxylation is 2. The second-order valence-corrected chi connectivity index (χ2v) is 3.17. The van der Waals surface area contributed by atoms with Crippen molar-refractivity contribution in [2.24, 2.45) is 5.73 Å². The van der Waals surface area contributed by atoms with Crippen molar-refractivity contribution >= 4 is 0 Å². The third kappa shape index (κ3) is 2.08. The van der Waals surface area contributed by atoms with Crippen molar-refractivity contribution in [1.82, 2.24) is 10.2 Å². The number of hydrogen-bond donors (Lipinski definition) is 2. The Morgan fingerprint density at radius 2 is 2.08 bits per heavy atom. The van der Waals surface area contributed by atoms with Crippen molar-refractivity contribution in [3.05, 3.63) is 17.0 Å². The quantitative estimate of drug-likeness (QED) is 0.664. The molecular weight excluding hydrogens is 150 g/mol. The molecule has 12 heavy (non-hydrogen) atoms. The van der Waals surface area contributed by atoms with Crippen LogP contribution in [0.3, 0.4) is 0 Å². The Kier molecular flexibility index (Phi) is 3.29. The summed E-state index contributed by atoms with van der Waals surface area (Å²) in [6.07, 6.45) is 3.28. The number of unbranched alkanes of at least 4 members (excludes halogenated alkanes) is 1. The van der Waals surface area contributed by atoms with Crippen molar-refractivity contribution in [2.75, 3.05) is 6.54 Å². The van der Waals surface area contributed by atoms with Gasteiger partial charge in [-0.2, -0.15) is 5.10 Å². The summed E-state index contributed by atoms with van der Waals surface area (Å²) in [4.78, 5) is 0. The van der Waals surface area contributed by atoms with E-state index in [0.29, 0.717) is 0 Å². The van der Waals surface area contributed by atoms with Crippen molar-refractivity contribution in [2.45, 2.75) is 33.1 Å². The van der Waals surface area contributed by atoms with Crippen LogP contribution < -0.4 is 5.73 Å². The monoisotopic (exact) mass is 167 g/mol. The van der Waals surface area contributed by atoms with Gasteiger partial charge in [0.1, 0.15) is 0 Å². The molecule has 0 unspecified atom stereocenters. The third-order valence-electron chi connectivity index (χ3n) is 2.22. The molecule has 1 rings (SSSR count). The molecule has 1 aromatic heterocycles. The number of nitrogens with one attached hydrogen (secondary N) is 1. The molecule has 68 valence electrons. The molecule has 0 spiro atoms. The fourth-order valence-electron chi connectivity index (χ4n) is 1.22. The van der Waals surface area contributed by atoms with E-state index in [4.69, 9.17) is 5.73 Å². The summed E-state index contributed by atoms with van der Waals surface area (Å²) in [6.45, 7) is 4.94. The fraction of sp³-hybridized carbons (Fsp3) is 0.667. The highest BCUT2D eigenvalue weighted by atomic mass is 15.1. The smallest absolute Gasteiger partial charge is 0.0654 e. The molecule has 0 aromatic carbocycles. The van der Waals surface area contributed by atoms with E-state index in [1.54, 1.807) is 0 Å². The Labute approximate surface area is 73.4 Å². The number of rotatable bonds is 4. The van der Waals surface area contributed by atoms with Crippen molar-refractivity contribution in [3.63, 3.8) is 0 Å². The minimum absolute atomic E-state index is 0.780. The molecule has 0 bridgehead atoms. The zero-order chi connectivity index (χ0) is 8.97. The highest BCUT2D eigenvalue weighted by molar-refractivity contribution is 5.22. The van der Waals surface area contributed by atoms with E-state index in [0.717, 1.165) is 25.8 Å². The molecule has 0 radical (unpaired) electrons. The van der Waals surface area contributed by atoms with Crippen LogP contribution in [0.15, 0.2) is 0 Å². The standard InChI is InChI=1S/C9H17N3/c1-7-8(2)11-12-9(7)5-3-4-6-10/h3-6,10H2,1-2H3,(H,11,12). The lowest BCUT2D eigenvalue weighted by Gasteiger charge is -1.96. The molecule has 3 nitrogen and oxygen atoms in total. The molecule has 0 saturated carbocycles. The van der Waals surface area contributed by atoms with Gasteiger partial charge < -0.3 is 5.73 Å². The van der Waals surface area contributed by atoms with Crippen LogP contribution in [0, 0.1) is 13.8 Å². The summed E-state index contributed by atoms with van der Waals surface area (Å²) < 4.78 is 0. The molecule has 3 N–H and O–H groups in total. The Morgan fingerprint density at radius 3 is 2.58 bits per heavy atom. The first kappa shape index (κ1) is 9.26.